The number of para-hydroxylation sites is 1. The molecular formula is C19H14FNO3. The van der Waals surface area contributed by atoms with Crippen LogP contribution in [0.2, 0.25) is 0 Å². The summed E-state index contributed by atoms with van der Waals surface area (Å²) in [6.45, 7) is 0.243. The van der Waals surface area contributed by atoms with E-state index < -0.39 is 17.2 Å². The summed E-state index contributed by atoms with van der Waals surface area (Å²) < 4.78 is 15.6. The van der Waals surface area contributed by atoms with Gasteiger partial charge in [0.2, 0.25) is 5.43 Å². The van der Waals surface area contributed by atoms with Gasteiger partial charge in [0.05, 0.1) is 5.52 Å². The topological polar surface area (TPSA) is 59.3 Å². The number of carboxylic acid groups (broad SMARTS) is 1. The van der Waals surface area contributed by atoms with Crippen LogP contribution >= 0.6 is 0 Å². The number of allylic oxidation sites excluding steroid dienone is 1. The van der Waals surface area contributed by atoms with Gasteiger partial charge < -0.3 is 9.67 Å². The number of pyridine rings is 1. The minimum Gasteiger partial charge on any atom is -0.477 e. The second-order valence-corrected chi connectivity index (χ2v) is 5.28. The van der Waals surface area contributed by atoms with Crippen molar-refractivity contribution in [3.8, 4) is 0 Å². The maximum atomic E-state index is 14.2. The Morgan fingerprint density at radius 1 is 1.12 bits per heavy atom. The monoisotopic (exact) mass is 323 g/mol. The Morgan fingerprint density at radius 2 is 1.88 bits per heavy atom. The third kappa shape index (κ3) is 2.96. The molecule has 1 N–H and O–H groups in total. The highest BCUT2D eigenvalue weighted by Crippen LogP contribution is 2.16. The number of halogens is 1. The van der Waals surface area contributed by atoms with Crippen LogP contribution in [0.1, 0.15) is 15.9 Å². The average Bonchev–Trinajstić information content (AvgIpc) is 2.58. The predicted octanol–water partition coefficient (Wildman–Crippen LogP) is 3.55. The standard InChI is InChI=1S/C19H14FNO3/c20-16-10-4-9-14-17(16)21(12-15(18(14)22)19(23)24)11-5-8-13-6-2-1-3-7-13/h1-10,12H,11H2,(H,23,24)/b8-5+. The molecule has 0 fully saturated rings. The van der Waals surface area contributed by atoms with Gasteiger partial charge in [-0.2, -0.15) is 0 Å². The smallest absolute Gasteiger partial charge is 0.341 e. The Balaban J connectivity index is 2.09. The van der Waals surface area contributed by atoms with Gasteiger partial charge in [-0.3, -0.25) is 4.79 Å². The SMILES string of the molecule is O=C(O)c1cn(C/C=C/c2ccccc2)c2c(F)cccc2c1=O. The first-order valence-electron chi connectivity index (χ1n) is 7.34. The quantitative estimate of drug-likeness (QED) is 0.799. The molecule has 0 aliphatic heterocycles. The zero-order valence-corrected chi connectivity index (χ0v) is 12.6. The van der Waals surface area contributed by atoms with Crippen molar-refractivity contribution in [2.75, 3.05) is 0 Å². The Bertz CT molecular complexity index is 991. The lowest BCUT2D eigenvalue weighted by molar-refractivity contribution is 0.0695. The van der Waals surface area contributed by atoms with Crippen LogP contribution in [0, 0.1) is 5.82 Å². The van der Waals surface area contributed by atoms with Crippen LogP contribution in [0.15, 0.2) is 65.6 Å². The van der Waals surface area contributed by atoms with Gasteiger partial charge in [0.1, 0.15) is 11.4 Å². The summed E-state index contributed by atoms with van der Waals surface area (Å²) in [6.07, 6.45) is 4.83. The van der Waals surface area contributed by atoms with E-state index in [1.54, 1.807) is 6.08 Å². The molecule has 24 heavy (non-hydrogen) atoms. The molecule has 0 radical (unpaired) electrons. The van der Waals surface area contributed by atoms with Crippen molar-refractivity contribution in [1.29, 1.82) is 0 Å². The van der Waals surface area contributed by atoms with Crippen LogP contribution in [0.4, 0.5) is 4.39 Å². The van der Waals surface area contributed by atoms with Gasteiger partial charge in [-0.05, 0) is 17.7 Å². The molecule has 1 heterocycles. The summed E-state index contributed by atoms with van der Waals surface area (Å²) in [5.41, 5.74) is 0.0218. The number of aromatic nitrogens is 1. The van der Waals surface area contributed by atoms with Gasteiger partial charge in [-0.1, -0.05) is 48.6 Å². The molecule has 3 rings (SSSR count). The Morgan fingerprint density at radius 3 is 2.58 bits per heavy atom. The molecule has 4 nitrogen and oxygen atoms in total. The number of carbonyl (C=O) groups is 1. The van der Waals surface area contributed by atoms with Crippen LogP contribution < -0.4 is 5.43 Å². The van der Waals surface area contributed by atoms with E-state index in [0.29, 0.717) is 0 Å². The number of aromatic carboxylic acids is 1. The second kappa shape index (κ2) is 6.50. The average molecular weight is 323 g/mol. The van der Waals surface area contributed by atoms with Crippen LogP contribution in [0.25, 0.3) is 17.0 Å². The van der Waals surface area contributed by atoms with Crippen LogP contribution in [-0.2, 0) is 6.54 Å². The van der Waals surface area contributed by atoms with Crippen molar-refractivity contribution in [2.45, 2.75) is 6.54 Å². The summed E-state index contributed by atoms with van der Waals surface area (Å²) in [7, 11) is 0. The van der Waals surface area contributed by atoms with Crippen LogP contribution in [0.3, 0.4) is 0 Å². The highest BCUT2D eigenvalue weighted by Gasteiger charge is 2.16. The van der Waals surface area contributed by atoms with E-state index in [1.807, 2.05) is 36.4 Å². The minimum absolute atomic E-state index is 0.0583. The van der Waals surface area contributed by atoms with Crippen molar-refractivity contribution < 1.29 is 14.3 Å². The number of hydrogen-bond acceptors (Lipinski definition) is 2. The fourth-order valence-electron chi connectivity index (χ4n) is 2.58. The summed E-state index contributed by atoms with van der Waals surface area (Å²) in [5, 5.41) is 9.26. The lowest BCUT2D eigenvalue weighted by Crippen LogP contribution is -2.19. The van der Waals surface area contributed by atoms with Gasteiger partial charge in [-0.15, -0.1) is 0 Å². The third-order valence-corrected chi connectivity index (χ3v) is 3.69. The molecular weight excluding hydrogens is 309 g/mol. The molecule has 5 heteroatoms. The van der Waals surface area contributed by atoms with E-state index in [2.05, 4.69) is 0 Å². The van der Waals surface area contributed by atoms with Crippen molar-refractivity contribution in [1.82, 2.24) is 4.57 Å². The fourth-order valence-corrected chi connectivity index (χ4v) is 2.58. The molecule has 0 spiro atoms. The molecule has 0 bridgehead atoms. The number of benzene rings is 2. The van der Waals surface area contributed by atoms with Gasteiger partial charge in [0, 0.05) is 18.1 Å². The van der Waals surface area contributed by atoms with Crippen LogP contribution in [0.5, 0.6) is 0 Å². The summed E-state index contributed by atoms with van der Waals surface area (Å²) in [6, 6.07) is 13.6. The second-order valence-electron chi connectivity index (χ2n) is 5.28. The first-order valence-corrected chi connectivity index (χ1v) is 7.34. The minimum atomic E-state index is -1.33. The predicted molar refractivity (Wildman–Crippen MR) is 90.6 cm³/mol. The van der Waals surface area contributed by atoms with Gasteiger partial charge in [-0.25, -0.2) is 9.18 Å². The van der Waals surface area contributed by atoms with E-state index in [-0.39, 0.29) is 23.0 Å². The highest BCUT2D eigenvalue weighted by atomic mass is 19.1. The Kier molecular flexibility index (Phi) is 4.24. The summed E-state index contributed by atoms with van der Waals surface area (Å²) in [5.74, 6) is -1.89. The summed E-state index contributed by atoms with van der Waals surface area (Å²) >= 11 is 0. The lowest BCUT2D eigenvalue weighted by Gasteiger charge is -2.11. The molecule has 0 saturated carbocycles. The fraction of sp³-hybridized carbons (Fsp3) is 0.0526. The highest BCUT2D eigenvalue weighted by molar-refractivity contribution is 5.92. The molecule has 1 aromatic heterocycles. The first kappa shape index (κ1) is 15.7. The number of nitrogens with zero attached hydrogens (tertiary/aromatic N) is 1. The van der Waals surface area contributed by atoms with Crippen molar-refractivity contribution in [3.63, 3.8) is 0 Å². The maximum absolute atomic E-state index is 14.2. The Hall–Kier alpha value is -3.21. The third-order valence-electron chi connectivity index (χ3n) is 3.69. The van der Waals surface area contributed by atoms with Crippen molar-refractivity contribution >= 4 is 22.9 Å². The number of hydrogen-bond donors (Lipinski definition) is 1. The van der Waals surface area contributed by atoms with Gasteiger partial charge in [0.25, 0.3) is 0 Å². The van der Waals surface area contributed by atoms with E-state index in [1.165, 1.54) is 29.0 Å². The van der Waals surface area contributed by atoms with E-state index >= 15 is 0 Å². The largest absolute Gasteiger partial charge is 0.477 e. The molecule has 2 aromatic carbocycles. The molecule has 0 aliphatic rings. The first-order chi connectivity index (χ1) is 11.6. The Labute approximate surface area is 137 Å². The number of rotatable bonds is 4. The van der Waals surface area contributed by atoms with Crippen molar-refractivity contribution in [2.24, 2.45) is 0 Å². The van der Waals surface area contributed by atoms with E-state index in [9.17, 15) is 19.1 Å². The van der Waals surface area contributed by atoms with Crippen molar-refractivity contribution in [3.05, 3.63) is 88.0 Å². The van der Waals surface area contributed by atoms with Crippen LogP contribution in [-0.4, -0.2) is 15.6 Å². The molecule has 0 atom stereocenters. The number of fused-ring (bicyclic) bond motifs is 1. The molecule has 3 aromatic rings. The van der Waals surface area contributed by atoms with E-state index in [4.69, 9.17) is 0 Å². The van der Waals surface area contributed by atoms with Gasteiger partial charge >= 0.3 is 5.97 Å². The maximum Gasteiger partial charge on any atom is 0.341 e. The van der Waals surface area contributed by atoms with Gasteiger partial charge in [0.15, 0.2) is 0 Å². The molecule has 0 amide bonds. The molecule has 0 saturated heterocycles. The zero-order valence-electron chi connectivity index (χ0n) is 12.6. The molecule has 120 valence electrons. The number of carboxylic acids is 1. The lowest BCUT2D eigenvalue weighted by atomic mass is 10.1. The molecule has 0 unspecified atom stereocenters. The molecule has 0 aliphatic carbocycles. The normalized spacial score (nSPS) is 11.2. The summed E-state index contributed by atoms with van der Waals surface area (Å²) in [4.78, 5) is 23.5. The zero-order chi connectivity index (χ0) is 17.1. The van der Waals surface area contributed by atoms with E-state index in [0.717, 1.165) is 5.56 Å².